The number of hydrogen-bond donors (Lipinski definition) is 0. The van der Waals surface area contributed by atoms with Crippen LogP contribution in [0, 0.1) is 0 Å². The Hall–Kier alpha value is -2.13. The predicted molar refractivity (Wildman–Crippen MR) is 183 cm³/mol. The van der Waals surface area contributed by atoms with Gasteiger partial charge in [0.1, 0.15) is 0 Å². The summed E-state index contributed by atoms with van der Waals surface area (Å²) in [5, 5.41) is 1.07. The van der Waals surface area contributed by atoms with E-state index in [2.05, 4.69) is 11.0 Å². The Morgan fingerprint density at radius 3 is 2.11 bits per heavy atom. The van der Waals surface area contributed by atoms with Gasteiger partial charge in [-0.25, -0.2) is 8.42 Å². The molecule has 238 valence electrons. The van der Waals surface area contributed by atoms with Crippen LogP contribution in [-0.2, 0) is 21.0 Å². The van der Waals surface area contributed by atoms with Crippen LogP contribution in [0.5, 0.6) is 0 Å². The van der Waals surface area contributed by atoms with Crippen LogP contribution in [0.1, 0.15) is 60.0 Å². The minimum atomic E-state index is -3.37. The van der Waals surface area contributed by atoms with Gasteiger partial charge in [-0.3, -0.25) is 4.79 Å². The molecule has 2 fully saturated rings. The summed E-state index contributed by atoms with van der Waals surface area (Å²) in [7, 11) is -1.66. The molecule has 0 N–H and O–H groups in total. The van der Waals surface area contributed by atoms with Crippen LogP contribution < -0.4 is 0 Å². The molecule has 2 aliphatic heterocycles. The van der Waals surface area contributed by atoms with E-state index >= 15 is 0 Å². The van der Waals surface area contributed by atoms with Crippen LogP contribution >= 0.6 is 35.6 Å². The van der Waals surface area contributed by atoms with Gasteiger partial charge in [0.2, 0.25) is 10.0 Å². The topological polar surface area (TPSA) is 60.9 Å². The highest BCUT2D eigenvalue weighted by Gasteiger charge is 2.44. The predicted octanol–water partition coefficient (Wildman–Crippen LogP) is 7.25. The van der Waals surface area contributed by atoms with E-state index in [1.54, 1.807) is 11.4 Å². The van der Waals surface area contributed by atoms with Crippen molar-refractivity contribution in [3.8, 4) is 0 Å². The van der Waals surface area contributed by atoms with Gasteiger partial charge in [0, 0.05) is 44.2 Å². The standard InChI is InChI=1S/C34H41Cl2N3O3S.ClH/c1-37(43(2,41)42)34(28-13-7-4-8-14-28)19-23-38(24-20-34)21-9-17-33(29-15-16-30(35)31(36)25-29)18-10-22-39(26-33)32(40)27-11-5-3-6-12-27;/h3-8,11-16,25H,9-10,17-24,26H2,1-2H3;1H. The SMILES string of the molecule is CN(C1(c2ccccc2)CCN(CCCC2(c3ccc(Cl)c(Cl)c3)CCCN(C(=O)c3ccccc3)C2)CC1)S(C)(=O)=O.Cl. The van der Waals surface area contributed by atoms with Gasteiger partial charge < -0.3 is 9.80 Å². The first-order valence-electron chi connectivity index (χ1n) is 15.1. The molecule has 1 amide bonds. The molecular weight excluding hydrogens is 637 g/mol. The molecule has 3 aromatic rings. The van der Waals surface area contributed by atoms with Crippen molar-refractivity contribution >= 4 is 51.5 Å². The Morgan fingerprint density at radius 1 is 0.864 bits per heavy atom. The second-order valence-electron chi connectivity index (χ2n) is 12.2. The molecule has 0 spiro atoms. The van der Waals surface area contributed by atoms with Crippen molar-refractivity contribution in [3.63, 3.8) is 0 Å². The number of carbonyl (C=O) groups excluding carboxylic acids is 1. The Labute approximate surface area is 278 Å². The fourth-order valence-electron chi connectivity index (χ4n) is 7.12. The maximum Gasteiger partial charge on any atom is 0.253 e. The second-order valence-corrected chi connectivity index (χ2v) is 15.0. The third kappa shape index (κ3) is 7.46. The molecule has 0 bridgehead atoms. The van der Waals surface area contributed by atoms with Gasteiger partial charge in [0.15, 0.2) is 0 Å². The largest absolute Gasteiger partial charge is 0.338 e. The summed E-state index contributed by atoms with van der Waals surface area (Å²) in [5.74, 6) is 0.0630. The fraction of sp³-hybridized carbons (Fsp3) is 0.441. The molecule has 5 rings (SSSR count). The lowest BCUT2D eigenvalue weighted by atomic mass is 9.70. The molecule has 0 radical (unpaired) electrons. The molecule has 6 nitrogen and oxygen atoms in total. The second kappa shape index (κ2) is 14.5. The number of benzene rings is 3. The minimum Gasteiger partial charge on any atom is -0.338 e. The molecule has 0 aromatic heterocycles. The molecule has 0 saturated carbocycles. The molecule has 2 saturated heterocycles. The molecule has 10 heteroatoms. The summed E-state index contributed by atoms with van der Waals surface area (Å²) in [5.41, 5.74) is 2.11. The first kappa shape index (κ1) is 34.7. The van der Waals surface area contributed by atoms with Crippen molar-refractivity contribution in [1.82, 2.24) is 14.1 Å². The number of piperidine rings is 2. The highest BCUT2D eigenvalue weighted by atomic mass is 35.5. The van der Waals surface area contributed by atoms with Gasteiger partial charge in [0.25, 0.3) is 5.91 Å². The number of sulfonamides is 1. The third-order valence-corrected chi connectivity index (χ3v) is 11.7. The van der Waals surface area contributed by atoms with Crippen LogP contribution in [0.3, 0.4) is 0 Å². The van der Waals surface area contributed by atoms with E-state index in [0.29, 0.717) is 22.2 Å². The molecule has 1 atom stereocenters. The Kier molecular flexibility index (Phi) is 11.5. The zero-order valence-corrected chi connectivity index (χ0v) is 28.6. The van der Waals surface area contributed by atoms with Crippen molar-refractivity contribution < 1.29 is 13.2 Å². The molecular formula is C34H42Cl3N3O3S. The number of carbonyl (C=O) groups is 1. The van der Waals surface area contributed by atoms with E-state index in [-0.39, 0.29) is 23.7 Å². The number of halogens is 3. The number of likely N-dealkylation sites (tertiary alicyclic amines) is 2. The summed E-state index contributed by atoms with van der Waals surface area (Å²) < 4.78 is 26.9. The van der Waals surface area contributed by atoms with E-state index in [1.807, 2.05) is 77.7 Å². The van der Waals surface area contributed by atoms with Crippen LogP contribution in [0.15, 0.2) is 78.9 Å². The number of nitrogens with zero attached hydrogens (tertiary/aromatic N) is 3. The molecule has 0 aliphatic carbocycles. The maximum absolute atomic E-state index is 13.5. The van der Waals surface area contributed by atoms with Crippen LogP contribution in [-0.4, -0.2) is 74.5 Å². The van der Waals surface area contributed by atoms with Gasteiger partial charge in [-0.2, -0.15) is 4.31 Å². The van der Waals surface area contributed by atoms with Gasteiger partial charge in [-0.05, 0) is 80.5 Å². The fourth-order valence-corrected chi connectivity index (χ4v) is 8.34. The lowest BCUT2D eigenvalue weighted by molar-refractivity contribution is 0.0607. The minimum absolute atomic E-state index is 0. The Bertz CT molecular complexity index is 1520. The van der Waals surface area contributed by atoms with Crippen LogP contribution in [0.4, 0.5) is 0 Å². The lowest BCUT2D eigenvalue weighted by Gasteiger charge is -2.47. The summed E-state index contributed by atoms with van der Waals surface area (Å²) >= 11 is 12.8. The van der Waals surface area contributed by atoms with Crippen molar-refractivity contribution in [1.29, 1.82) is 0 Å². The van der Waals surface area contributed by atoms with E-state index in [9.17, 15) is 13.2 Å². The van der Waals surface area contributed by atoms with Gasteiger partial charge in [0.05, 0.1) is 21.8 Å². The normalized spacial score (nSPS) is 20.7. The van der Waals surface area contributed by atoms with E-state index < -0.39 is 15.6 Å². The van der Waals surface area contributed by atoms with Crippen molar-refractivity contribution in [2.75, 3.05) is 46.0 Å². The van der Waals surface area contributed by atoms with E-state index in [0.717, 1.165) is 75.8 Å². The first-order valence-corrected chi connectivity index (χ1v) is 17.7. The third-order valence-electron chi connectivity index (χ3n) is 9.64. The monoisotopic (exact) mass is 677 g/mol. The van der Waals surface area contributed by atoms with Gasteiger partial charge in [-0.1, -0.05) is 77.8 Å². The molecule has 2 heterocycles. The molecule has 44 heavy (non-hydrogen) atoms. The zero-order valence-electron chi connectivity index (χ0n) is 25.4. The van der Waals surface area contributed by atoms with Gasteiger partial charge in [-0.15, -0.1) is 12.4 Å². The highest BCUT2D eigenvalue weighted by molar-refractivity contribution is 7.88. The number of amides is 1. The van der Waals surface area contributed by atoms with Crippen LogP contribution in [0.25, 0.3) is 0 Å². The number of rotatable bonds is 9. The summed E-state index contributed by atoms with van der Waals surface area (Å²) in [6.45, 7) is 3.90. The van der Waals surface area contributed by atoms with Crippen molar-refractivity contribution in [2.24, 2.45) is 0 Å². The van der Waals surface area contributed by atoms with Gasteiger partial charge >= 0.3 is 0 Å². The maximum atomic E-state index is 13.5. The smallest absolute Gasteiger partial charge is 0.253 e. The first-order chi connectivity index (χ1) is 20.5. The molecule has 2 aliphatic rings. The van der Waals surface area contributed by atoms with Crippen molar-refractivity contribution in [3.05, 3.63) is 106 Å². The van der Waals surface area contributed by atoms with Crippen molar-refractivity contribution in [2.45, 2.75) is 49.5 Å². The number of hydrogen-bond acceptors (Lipinski definition) is 4. The Balaban J connectivity index is 0.00000442. The average molecular weight is 679 g/mol. The van der Waals surface area contributed by atoms with Crippen LogP contribution in [0.2, 0.25) is 10.0 Å². The molecule has 3 aromatic carbocycles. The summed E-state index contributed by atoms with van der Waals surface area (Å²) in [4.78, 5) is 17.9. The summed E-state index contributed by atoms with van der Waals surface area (Å²) in [6, 6.07) is 25.4. The Morgan fingerprint density at radius 2 is 1.50 bits per heavy atom. The molecule has 1 unspecified atom stereocenters. The lowest BCUT2D eigenvalue weighted by Crippen LogP contribution is -2.53. The van der Waals surface area contributed by atoms with E-state index in [1.165, 1.54) is 6.26 Å². The average Bonchev–Trinajstić information content (AvgIpc) is 3.02. The quantitative estimate of drug-likeness (QED) is 0.239. The zero-order chi connectivity index (χ0) is 30.7. The summed E-state index contributed by atoms with van der Waals surface area (Å²) in [6.07, 6.45) is 6.51. The highest BCUT2D eigenvalue weighted by Crippen LogP contribution is 2.42. The van der Waals surface area contributed by atoms with E-state index in [4.69, 9.17) is 23.2 Å².